The summed E-state index contributed by atoms with van der Waals surface area (Å²) in [5.41, 5.74) is 0.148. The number of carbonyl (C=O) groups is 1. The van der Waals surface area contributed by atoms with E-state index in [4.69, 9.17) is 28.4 Å². The largest absolute Gasteiger partial charge is 0.504 e. The van der Waals surface area contributed by atoms with Crippen molar-refractivity contribution in [1.82, 2.24) is 0 Å². The molecule has 2 heterocycles. The smallest absolute Gasteiger partial charge is 0.229 e. The Morgan fingerprint density at radius 2 is 1.62 bits per heavy atom. The fraction of sp³-hybridized carbons (Fsp3) is 0.458. The van der Waals surface area contributed by atoms with Gasteiger partial charge in [-0.3, -0.25) is 4.79 Å². The Hall–Kier alpha value is -3.49. The van der Waals surface area contributed by atoms with E-state index in [1.807, 2.05) is 0 Å². The molecule has 0 aliphatic carbocycles. The van der Waals surface area contributed by atoms with Crippen molar-refractivity contribution in [2.45, 2.75) is 36.6 Å². The fourth-order valence-electron chi connectivity index (χ4n) is 4.37. The van der Waals surface area contributed by atoms with Crippen LogP contribution in [0.1, 0.15) is 21.8 Å². The Bertz CT molecular complexity index is 1160. The highest BCUT2D eigenvalue weighted by Crippen LogP contribution is 2.49. The highest BCUT2D eigenvalue weighted by molar-refractivity contribution is 6.07. The van der Waals surface area contributed by atoms with Crippen molar-refractivity contribution in [2.75, 3.05) is 34.5 Å². The highest BCUT2D eigenvalue weighted by atomic mass is 16.7. The zero-order chi connectivity index (χ0) is 27.0. The van der Waals surface area contributed by atoms with E-state index in [1.54, 1.807) is 0 Å². The molecule has 0 bridgehead atoms. The van der Waals surface area contributed by atoms with Crippen molar-refractivity contribution >= 4 is 5.78 Å². The Morgan fingerprint density at radius 1 is 0.919 bits per heavy atom. The molecule has 2 aliphatic heterocycles. The minimum Gasteiger partial charge on any atom is -0.504 e. The Balaban J connectivity index is 1.68. The lowest BCUT2D eigenvalue weighted by Gasteiger charge is -2.39. The first-order valence-corrected chi connectivity index (χ1v) is 11.2. The lowest BCUT2D eigenvalue weighted by molar-refractivity contribution is -0.277. The Morgan fingerprint density at radius 3 is 2.24 bits per heavy atom. The topological polar surface area (TPSA) is 194 Å². The standard InChI is InChI=1S/C24H28O13/c1-32-13-5-9(4-11(26)22(13)33-2)10-8-35-12-6-14(23(34-3)19(29)16(12)17(10)27)36-24-21(31)20(30)18(28)15(7-25)37-24/h4-6,10,15,18,20-21,24-26,28-31H,7-8H2,1-3H3. The molecular weight excluding hydrogens is 496 g/mol. The van der Waals surface area contributed by atoms with E-state index < -0.39 is 54.8 Å². The first-order valence-electron chi connectivity index (χ1n) is 11.2. The number of hydrogen-bond acceptors (Lipinski definition) is 13. The molecule has 0 radical (unpaired) electrons. The van der Waals surface area contributed by atoms with Crippen molar-refractivity contribution in [3.8, 4) is 40.2 Å². The molecule has 0 aromatic heterocycles. The summed E-state index contributed by atoms with van der Waals surface area (Å²) in [6.07, 6.45) is -7.79. The molecule has 2 aromatic carbocycles. The predicted molar refractivity (Wildman–Crippen MR) is 123 cm³/mol. The summed E-state index contributed by atoms with van der Waals surface area (Å²) >= 11 is 0. The monoisotopic (exact) mass is 524 g/mol. The zero-order valence-corrected chi connectivity index (χ0v) is 20.2. The number of aliphatic hydroxyl groups is 4. The van der Waals surface area contributed by atoms with Gasteiger partial charge in [-0.15, -0.1) is 0 Å². The van der Waals surface area contributed by atoms with E-state index >= 15 is 0 Å². The molecule has 37 heavy (non-hydrogen) atoms. The van der Waals surface area contributed by atoms with Crippen LogP contribution in [0.15, 0.2) is 18.2 Å². The summed E-state index contributed by atoms with van der Waals surface area (Å²) in [6.45, 7) is -0.825. The fourth-order valence-corrected chi connectivity index (χ4v) is 4.37. The van der Waals surface area contributed by atoms with Gasteiger partial charge in [0.25, 0.3) is 0 Å². The normalized spacial score (nSPS) is 27.2. The van der Waals surface area contributed by atoms with Crippen LogP contribution >= 0.6 is 0 Å². The molecule has 6 unspecified atom stereocenters. The van der Waals surface area contributed by atoms with E-state index in [0.29, 0.717) is 5.56 Å². The minimum absolute atomic E-state index is 0.0520. The second-order valence-corrected chi connectivity index (χ2v) is 8.45. The highest BCUT2D eigenvalue weighted by Gasteiger charge is 2.45. The molecule has 6 N–H and O–H groups in total. The van der Waals surface area contributed by atoms with Crippen molar-refractivity contribution < 1.29 is 63.9 Å². The van der Waals surface area contributed by atoms with E-state index in [0.717, 1.165) is 0 Å². The first kappa shape index (κ1) is 26.6. The van der Waals surface area contributed by atoms with Crippen molar-refractivity contribution in [1.29, 1.82) is 0 Å². The molecule has 0 saturated carbocycles. The molecule has 4 rings (SSSR count). The van der Waals surface area contributed by atoms with Gasteiger partial charge in [0.1, 0.15) is 42.3 Å². The average molecular weight is 524 g/mol. The van der Waals surface area contributed by atoms with Crippen molar-refractivity contribution in [3.05, 3.63) is 29.3 Å². The van der Waals surface area contributed by atoms with Crippen LogP contribution in [0.3, 0.4) is 0 Å². The third-order valence-corrected chi connectivity index (χ3v) is 6.33. The zero-order valence-electron chi connectivity index (χ0n) is 20.2. The summed E-state index contributed by atoms with van der Waals surface area (Å²) in [7, 11) is 3.94. The average Bonchev–Trinajstić information content (AvgIpc) is 2.88. The molecule has 13 heteroatoms. The molecule has 1 saturated heterocycles. The number of hydrogen-bond donors (Lipinski definition) is 6. The summed E-state index contributed by atoms with van der Waals surface area (Å²) in [4.78, 5) is 13.4. The van der Waals surface area contributed by atoms with Crippen LogP contribution in [-0.2, 0) is 4.74 Å². The van der Waals surface area contributed by atoms with Crippen LogP contribution < -0.4 is 23.7 Å². The number of Topliss-reactive ketones (excluding diaryl/α,β-unsaturated/α-hetero) is 1. The van der Waals surface area contributed by atoms with Gasteiger partial charge in [-0.1, -0.05) is 0 Å². The van der Waals surface area contributed by atoms with Crippen LogP contribution in [0.4, 0.5) is 0 Å². The summed E-state index contributed by atoms with van der Waals surface area (Å²) < 4.78 is 32.3. The Labute approximate surface area is 210 Å². The second-order valence-electron chi connectivity index (χ2n) is 8.45. The van der Waals surface area contributed by atoms with Gasteiger partial charge in [-0.25, -0.2) is 0 Å². The second kappa shape index (κ2) is 10.5. The van der Waals surface area contributed by atoms with E-state index in [1.165, 1.54) is 39.5 Å². The molecule has 0 amide bonds. The van der Waals surface area contributed by atoms with E-state index in [2.05, 4.69) is 0 Å². The third-order valence-electron chi connectivity index (χ3n) is 6.33. The maximum absolute atomic E-state index is 13.4. The van der Waals surface area contributed by atoms with Gasteiger partial charge in [0.15, 0.2) is 28.8 Å². The number of ether oxygens (including phenoxy) is 6. The van der Waals surface area contributed by atoms with Gasteiger partial charge in [0.2, 0.25) is 17.8 Å². The first-order chi connectivity index (χ1) is 17.7. The molecule has 6 atom stereocenters. The Kier molecular flexibility index (Phi) is 7.52. The lowest BCUT2D eigenvalue weighted by atomic mass is 9.88. The number of rotatable bonds is 7. The number of carbonyl (C=O) groups excluding carboxylic acids is 1. The van der Waals surface area contributed by atoms with E-state index in [9.17, 15) is 35.4 Å². The number of phenolic OH excluding ortho intramolecular Hbond substituents is 2. The lowest BCUT2D eigenvalue weighted by Crippen LogP contribution is -2.60. The summed E-state index contributed by atoms with van der Waals surface area (Å²) in [5.74, 6) is -2.57. The van der Waals surface area contributed by atoms with Crippen LogP contribution in [-0.4, -0.2) is 102 Å². The maximum atomic E-state index is 13.4. The van der Waals surface area contributed by atoms with Crippen LogP contribution in [0.5, 0.6) is 40.2 Å². The molecule has 13 nitrogen and oxygen atoms in total. The van der Waals surface area contributed by atoms with E-state index in [-0.39, 0.29) is 46.7 Å². The van der Waals surface area contributed by atoms with Gasteiger partial charge in [-0.05, 0) is 17.7 Å². The van der Waals surface area contributed by atoms with Gasteiger partial charge in [0.05, 0.1) is 33.9 Å². The van der Waals surface area contributed by atoms with Crippen LogP contribution in [0, 0.1) is 0 Å². The summed E-state index contributed by atoms with van der Waals surface area (Å²) in [6, 6.07) is 4.10. The van der Waals surface area contributed by atoms with Crippen molar-refractivity contribution in [2.24, 2.45) is 0 Å². The number of aliphatic hydroxyl groups excluding tert-OH is 4. The molecule has 0 spiro atoms. The quantitative estimate of drug-likeness (QED) is 0.276. The van der Waals surface area contributed by atoms with Gasteiger partial charge >= 0.3 is 0 Å². The number of methoxy groups -OCH3 is 3. The predicted octanol–water partition coefficient (Wildman–Crippen LogP) is -0.339. The number of ketones is 1. The number of phenols is 2. The molecule has 2 aromatic rings. The third kappa shape index (κ3) is 4.55. The van der Waals surface area contributed by atoms with Crippen LogP contribution in [0.2, 0.25) is 0 Å². The summed E-state index contributed by atoms with van der Waals surface area (Å²) in [5, 5.41) is 60.9. The van der Waals surface area contributed by atoms with Gasteiger partial charge in [0, 0.05) is 6.07 Å². The minimum atomic E-state index is -1.72. The number of benzene rings is 2. The molecule has 2 aliphatic rings. The van der Waals surface area contributed by atoms with Crippen molar-refractivity contribution in [3.63, 3.8) is 0 Å². The van der Waals surface area contributed by atoms with Gasteiger partial charge in [-0.2, -0.15) is 0 Å². The maximum Gasteiger partial charge on any atom is 0.229 e. The number of fused-ring (bicyclic) bond motifs is 1. The van der Waals surface area contributed by atoms with Crippen LogP contribution in [0.25, 0.3) is 0 Å². The molecular formula is C24H28O13. The SMILES string of the molecule is COc1cc(C2COc3cc(OC4OC(CO)C(O)C(O)C4O)c(OC)c(O)c3C2=O)cc(O)c1OC. The molecule has 1 fully saturated rings. The van der Waals surface area contributed by atoms with Gasteiger partial charge < -0.3 is 59.1 Å². The number of aromatic hydroxyl groups is 2. The molecule has 202 valence electrons.